The Bertz CT molecular complexity index is 659. The van der Waals surface area contributed by atoms with Crippen molar-refractivity contribution >= 4 is 10.0 Å². The molecule has 9 heteroatoms. The number of aromatic amines is 1. The average Bonchev–Trinajstić information content (AvgIpc) is 2.98. The van der Waals surface area contributed by atoms with Crippen molar-refractivity contribution < 1.29 is 8.42 Å². The van der Waals surface area contributed by atoms with Crippen molar-refractivity contribution in [2.75, 3.05) is 7.05 Å². The second-order valence-electron chi connectivity index (χ2n) is 4.14. The van der Waals surface area contributed by atoms with Crippen molar-refractivity contribution in [1.82, 2.24) is 24.1 Å². The minimum Gasteiger partial charge on any atom is -0.337 e. The van der Waals surface area contributed by atoms with Gasteiger partial charge in [0.2, 0.25) is 0 Å². The Labute approximate surface area is 111 Å². The summed E-state index contributed by atoms with van der Waals surface area (Å²) in [4.78, 5) is 4.10. The van der Waals surface area contributed by atoms with E-state index in [0.717, 1.165) is 0 Å². The molecule has 0 aromatic carbocycles. The zero-order valence-electron chi connectivity index (χ0n) is 10.7. The molecule has 3 N–H and O–H groups in total. The molecular formula is C10H16N6O2S. The Kier molecular flexibility index (Phi) is 3.69. The molecule has 0 amide bonds. The maximum atomic E-state index is 12.4. The van der Waals surface area contributed by atoms with Crippen LogP contribution in [0.4, 0.5) is 0 Å². The predicted octanol–water partition coefficient (Wildman–Crippen LogP) is -0.577. The lowest BCUT2D eigenvalue weighted by atomic mass is 10.4. The molecule has 0 fully saturated rings. The van der Waals surface area contributed by atoms with Crippen LogP contribution in [-0.4, -0.2) is 39.5 Å². The van der Waals surface area contributed by atoms with Gasteiger partial charge in [0.15, 0.2) is 5.03 Å². The van der Waals surface area contributed by atoms with Gasteiger partial charge >= 0.3 is 0 Å². The van der Waals surface area contributed by atoms with Gasteiger partial charge in [-0.3, -0.25) is 5.10 Å². The summed E-state index contributed by atoms with van der Waals surface area (Å²) in [5, 5.41) is 6.24. The lowest BCUT2D eigenvalue weighted by molar-refractivity contribution is 0.448. The van der Waals surface area contributed by atoms with Crippen LogP contribution in [0.2, 0.25) is 0 Å². The van der Waals surface area contributed by atoms with Gasteiger partial charge in [-0.2, -0.15) is 9.40 Å². The minimum atomic E-state index is -3.65. The molecule has 0 atom stereocenters. The van der Waals surface area contributed by atoms with E-state index in [4.69, 9.17) is 5.73 Å². The van der Waals surface area contributed by atoms with E-state index in [1.807, 2.05) is 7.05 Å². The average molecular weight is 284 g/mol. The van der Waals surface area contributed by atoms with Crippen molar-refractivity contribution in [2.24, 2.45) is 12.8 Å². The number of nitrogens with zero attached hydrogens (tertiary/aromatic N) is 4. The highest BCUT2D eigenvalue weighted by molar-refractivity contribution is 7.89. The number of rotatable bonds is 5. The summed E-state index contributed by atoms with van der Waals surface area (Å²) in [5.41, 5.74) is 5.96. The fraction of sp³-hybridized carbons (Fsp3) is 0.400. The molecule has 2 heterocycles. The van der Waals surface area contributed by atoms with E-state index in [9.17, 15) is 8.42 Å². The Morgan fingerprint density at radius 1 is 1.53 bits per heavy atom. The summed E-state index contributed by atoms with van der Waals surface area (Å²) in [6.45, 7) is 0.288. The topological polar surface area (TPSA) is 110 Å². The summed E-state index contributed by atoms with van der Waals surface area (Å²) in [7, 11) is -0.348. The normalized spacial score (nSPS) is 12.2. The Balaban J connectivity index is 2.27. The van der Waals surface area contributed by atoms with Gasteiger partial charge in [0.1, 0.15) is 5.82 Å². The highest BCUT2D eigenvalue weighted by Gasteiger charge is 2.26. The molecule has 0 spiro atoms. The van der Waals surface area contributed by atoms with Gasteiger partial charge in [-0.1, -0.05) is 0 Å². The van der Waals surface area contributed by atoms with E-state index in [2.05, 4.69) is 15.2 Å². The van der Waals surface area contributed by atoms with Crippen LogP contribution in [0.3, 0.4) is 0 Å². The first kappa shape index (κ1) is 13.7. The van der Waals surface area contributed by atoms with Crippen LogP contribution in [0.15, 0.2) is 23.6 Å². The summed E-state index contributed by atoms with van der Waals surface area (Å²) < 4.78 is 27.7. The third-order valence-corrected chi connectivity index (χ3v) is 4.67. The summed E-state index contributed by atoms with van der Waals surface area (Å²) >= 11 is 0. The third kappa shape index (κ3) is 2.53. The van der Waals surface area contributed by atoms with Crippen molar-refractivity contribution in [2.45, 2.75) is 18.1 Å². The third-order valence-electron chi connectivity index (χ3n) is 2.85. The summed E-state index contributed by atoms with van der Waals surface area (Å²) in [5.74, 6) is 0.653. The molecule has 2 aromatic heterocycles. The van der Waals surface area contributed by atoms with Crippen LogP contribution in [0.5, 0.6) is 0 Å². The van der Waals surface area contributed by atoms with E-state index in [0.29, 0.717) is 11.4 Å². The first-order valence-corrected chi connectivity index (χ1v) is 7.05. The van der Waals surface area contributed by atoms with Crippen LogP contribution >= 0.6 is 0 Å². The largest absolute Gasteiger partial charge is 0.337 e. The number of aromatic nitrogens is 4. The Hall–Kier alpha value is -1.71. The van der Waals surface area contributed by atoms with Gasteiger partial charge in [-0.05, 0) is 0 Å². The highest BCUT2D eigenvalue weighted by atomic mass is 32.2. The zero-order chi connectivity index (χ0) is 14.0. The van der Waals surface area contributed by atoms with Crippen molar-refractivity contribution in [3.8, 4) is 0 Å². The maximum absolute atomic E-state index is 12.4. The van der Waals surface area contributed by atoms with Crippen LogP contribution in [0, 0.1) is 0 Å². The van der Waals surface area contributed by atoms with Gasteiger partial charge in [-0.15, -0.1) is 0 Å². The fourth-order valence-corrected chi connectivity index (χ4v) is 2.89. The van der Waals surface area contributed by atoms with E-state index < -0.39 is 10.0 Å². The second-order valence-corrected chi connectivity index (χ2v) is 6.13. The molecule has 0 aliphatic rings. The lowest BCUT2D eigenvalue weighted by Crippen LogP contribution is -2.29. The number of aryl methyl sites for hydroxylation is 1. The molecule has 0 bridgehead atoms. The number of sulfonamides is 1. The number of hydrogen-bond donors (Lipinski definition) is 2. The molecule has 8 nitrogen and oxygen atoms in total. The monoisotopic (exact) mass is 284 g/mol. The molecule has 104 valence electrons. The Morgan fingerprint density at radius 3 is 2.84 bits per heavy atom. The highest BCUT2D eigenvalue weighted by Crippen LogP contribution is 2.17. The molecule has 0 unspecified atom stereocenters. The zero-order valence-corrected chi connectivity index (χ0v) is 11.6. The molecule has 0 radical (unpaired) electrons. The van der Waals surface area contributed by atoms with Crippen LogP contribution in [-0.2, 0) is 30.2 Å². The van der Waals surface area contributed by atoms with Crippen LogP contribution in [0.25, 0.3) is 0 Å². The molecule has 0 aliphatic heterocycles. The number of H-pyrrole nitrogens is 1. The SMILES string of the molecule is CN(Cc1nccn1C)S(=O)(=O)c1[nH]ncc1CN. The van der Waals surface area contributed by atoms with Crippen molar-refractivity contribution in [1.29, 1.82) is 0 Å². The van der Waals surface area contributed by atoms with Gasteiger partial charge in [0, 0.05) is 38.6 Å². The number of imidazole rings is 1. The second kappa shape index (κ2) is 5.11. The standard InChI is InChI=1S/C10H16N6O2S/c1-15-4-3-12-9(15)7-16(2)19(17,18)10-8(5-11)6-13-14-10/h3-4,6H,5,7,11H2,1-2H3,(H,13,14). The molecule has 0 aliphatic carbocycles. The molecular weight excluding hydrogens is 268 g/mol. The van der Waals surface area contributed by atoms with E-state index >= 15 is 0 Å². The minimum absolute atomic E-state index is 0.0340. The smallest absolute Gasteiger partial charge is 0.260 e. The van der Waals surface area contributed by atoms with Gasteiger partial charge in [0.05, 0.1) is 12.7 Å². The van der Waals surface area contributed by atoms with Crippen molar-refractivity contribution in [3.63, 3.8) is 0 Å². The number of nitrogens with two attached hydrogens (primary N) is 1. The van der Waals surface area contributed by atoms with Gasteiger partial charge in [0.25, 0.3) is 10.0 Å². The molecule has 2 aromatic rings. The van der Waals surface area contributed by atoms with Crippen LogP contribution < -0.4 is 5.73 Å². The predicted molar refractivity (Wildman–Crippen MR) is 68.3 cm³/mol. The molecule has 2 rings (SSSR count). The molecule has 19 heavy (non-hydrogen) atoms. The van der Waals surface area contributed by atoms with E-state index in [1.54, 1.807) is 17.0 Å². The van der Waals surface area contributed by atoms with Gasteiger partial charge < -0.3 is 10.3 Å². The first-order valence-electron chi connectivity index (χ1n) is 5.61. The quantitative estimate of drug-likeness (QED) is 0.763. The van der Waals surface area contributed by atoms with E-state index in [-0.39, 0.29) is 18.1 Å². The number of hydrogen-bond acceptors (Lipinski definition) is 5. The maximum Gasteiger partial charge on any atom is 0.260 e. The van der Waals surface area contributed by atoms with Crippen LogP contribution in [0.1, 0.15) is 11.4 Å². The van der Waals surface area contributed by atoms with E-state index in [1.165, 1.54) is 17.5 Å². The summed E-state index contributed by atoms with van der Waals surface area (Å²) in [6.07, 6.45) is 4.80. The number of nitrogens with one attached hydrogen (secondary N) is 1. The van der Waals surface area contributed by atoms with Crippen molar-refractivity contribution in [3.05, 3.63) is 30.0 Å². The molecule has 0 saturated heterocycles. The fourth-order valence-electron chi connectivity index (χ4n) is 1.66. The molecule has 0 saturated carbocycles. The Morgan fingerprint density at radius 2 is 2.26 bits per heavy atom. The first-order chi connectivity index (χ1) is 8.96. The van der Waals surface area contributed by atoms with Gasteiger partial charge in [-0.25, -0.2) is 13.4 Å². The summed E-state index contributed by atoms with van der Waals surface area (Å²) in [6, 6.07) is 0. The lowest BCUT2D eigenvalue weighted by Gasteiger charge is -2.16.